The number of rotatable bonds is 5. The minimum atomic E-state index is -0.912. The van der Waals surface area contributed by atoms with Gasteiger partial charge in [-0.15, -0.1) is 0 Å². The molecule has 0 heterocycles. The molecule has 0 saturated heterocycles. The summed E-state index contributed by atoms with van der Waals surface area (Å²) in [5.74, 6) is 0.610. The lowest BCUT2D eigenvalue weighted by Crippen LogP contribution is -2.28. The molecule has 0 radical (unpaired) electrons. The quantitative estimate of drug-likeness (QED) is 0.818. The van der Waals surface area contributed by atoms with Gasteiger partial charge in [0.05, 0.1) is 15.6 Å². The van der Waals surface area contributed by atoms with Crippen LogP contribution in [0.25, 0.3) is 0 Å². The molecule has 0 saturated carbocycles. The van der Waals surface area contributed by atoms with Gasteiger partial charge in [0.15, 0.2) is 0 Å². The predicted molar refractivity (Wildman–Crippen MR) is 76.8 cm³/mol. The van der Waals surface area contributed by atoms with Gasteiger partial charge >= 0.3 is 0 Å². The zero-order chi connectivity index (χ0) is 13.7. The monoisotopic (exact) mass is 308 g/mol. The average molecular weight is 309 g/mol. The number of nitrogen functional groups attached to an aromatic ring is 1. The maximum Gasteiger partial charge on any atom is 0.252 e. The lowest BCUT2D eigenvalue weighted by atomic mass is 10.2. The molecule has 1 aromatic carbocycles. The maximum absolute atomic E-state index is 11.8. The van der Waals surface area contributed by atoms with Crippen LogP contribution in [0.2, 0.25) is 10.0 Å². The Kier molecular flexibility index (Phi) is 5.91. The van der Waals surface area contributed by atoms with Crippen LogP contribution in [0.1, 0.15) is 17.3 Å². The first-order chi connectivity index (χ1) is 8.45. The van der Waals surface area contributed by atoms with E-state index in [1.807, 2.05) is 6.92 Å². The van der Waals surface area contributed by atoms with Crippen LogP contribution in [0, 0.1) is 0 Å². The number of benzene rings is 1. The second kappa shape index (κ2) is 6.97. The third-order valence-corrected chi connectivity index (χ3v) is 4.34. The van der Waals surface area contributed by atoms with Crippen molar-refractivity contribution in [2.24, 2.45) is 0 Å². The molecule has 1 unspecified atom stereocenters. The SMILES string of the molecule is CCS(=O)CCNC(=O)c1cc(N)cc(Cl)c1Cl. The maximum atomic E-state index is 11.8. The highest BCUT2D eigenvalue weighted by Crippen LogP contribution is 2.28. The highest BCUT2D eigenvalue weighted by Gasteiger charge is 2.13. The zero-order valence-corrected chi connectivity index (χ0v) is 12.2. The molecule has 0 bridgehead atoms. The third kappa shape index (κ3) is 4.15. The van der Waals surface area contributed by atoms with Crippen molar-refractivity contribution in [3.63, 3.8) is 0 Å². The summed E-state index contributed by atoms with van der Waals surface area (Å²) in [6.45, 7) is 2.15. The second-order valence-corrected chi connectivity index (χ2v) is 6.20. The molecule has 1 amide bonds. The van der Waals surface area contributed by atoms with Crippen molar-refractivity contribution in [3.8, 4) is 0 Å². The van der Waals surface area contributed by atoms with E-state index in [-0.39, 0.29) is 21.5 Å². The summed E-state index contributed by atoms with van der Waals surface area (Å²) in [4.78, 5) is 11.8. The second-order valence-electron chi connectivity index (χ2n) is 3.55. The van der Waals surface area contributed by atoms with E-state index in [0.29, 0.717) is 23.7 Å². The number of carbonyl (C=O) groups excluding carboxylic acids is 1. The Bertz CT molecular complexity index is 480. The number of nitrogens with two attached hydrogens (primary N) is 1. The van der Waals surface area contributed by atoms with Crippen LogP contribution >= 0.6 is 23.2 Å². The standard InChI is InChI=1S/C11H14Cl2N2O2S/c1-2-18(17)4-3-15-11(16)8-5-7(14)6-9(12)10(8)13/h5-6H,2-4,14H2,1H3,(H,15,16). The summed E-state index contributed by atoms with van der Waals surface area (Å²) in [5, 5.41) is 3.03. The van der Waals surface area contributed by atoms with Crippen molar-refractivity contribution in [1.29, 1.82) is 0 Å². The van der Waals surface area contributed by atoms with Crippen LogP contribution in [0.4, 0.5) is 5.69 Å². The molecule has 4 nitrogen and oxygen atoms in total. The zero-order valence-electron chi connectivity index (χ0n) is 9.83. The fourth-order valence-corrected chi connectivity index (χ4v) is 2.33. The van der Waals surface area contributed by atoms with Gasteiger partial charge in [-0.1, -0.05) is 30.1 Å². The Morgan fingerprint density at radius 1 is 1.44 bits per heavy atom. The molecule has 0 fully saturated rings. The van der Waals surface area contributed by atoms with E-state index in [2.05, 4.69) is 5.32 Å². The summed E-state index contributed by atoms with van der Waals surface area (Å²) in [7, 11) is -0.912. The number of halogens is 2. The summed E-state index contributed by atoms with van der Waals surface area (Å²) in [5.41, 5.74) is 6.19. The molecule has 3 N–H and O–H groups in total. The minimum absolute atomic E-state index is 0.167. The van der Waals surface area contributed by atoms with Gasteiger partial charge in [0, 0.05) is 34.5 Å². The van der Waals surface area contributed by atoms with Gasteiger partial charge in [-0.2, -0.15) is 0 Å². The van der Waals surface area contributed by atoms with Gasteiger partial charge in [0.1, 0.15) is 0 Å². The van der Waals surface area contributed by atoms with E-state index in [1.165, 1.54) is 12.1 Å². The molecular formula is C11H14Cl2N2O2S. The van der Waals surface area contributed by atoms with E-state index in [1.54, 1.807) is 0 Å². The molecule has 0 aliphatic rings. The number of anilines is 1. The number of hydrogen-bond acceptors (Lipinski definition) is 3. The molecule has 1 rings (SSSR count). The summed E-state index contributed by atoms with van der Waals surface area (Å²) in [6.07, 6.45) is 0. The molecule has 0 spiro atoms. The van der Waals surface area contributed by atoms with Crippen LogP contribution < -0.4 is 11.1 Å². The first-order valence-corrected chi connectivity index (χ1v) is 7.57. The molecule has 1 atom stereocenters. The van der Waals surface area contributed by atoms with Crippen molar-refractivity contribution in [2.75, 3.05) is 23.8 Å². The molecule has 0 aliphatic carbocycles. The van der Waals surface area contributed by atoms with Crippen LogP contribution in [0.15, 0.2) is 12.1 Å². The lowest BCUT2D eigenvalue weighted by Gasteiger charge is -2.08. The van der Waals surface area contributed by atoms with Crippen molar-refractivity contribution in [1.82, 2.24) is 5.32 Å². The Morgan fingerprint density at radius 3 is 2.72 bits per heavy atom. The summed E-state index contributed by atoms with van der Waals surface area (Å²) in [6, 6.07) is 2.94. The molecule has 100 valence electrons. The van der Waals surface area contributed by atoms with E-state index < -0.39 is 10.8 Å². The number of carbonyl (C=O) groups is 1. The third-order valence-electron chi connectivity index (χ3n) is 2.23. The average Bonchev–Trinajstić information content (AvgIpc) is 2.33. The van der Waals surface area contributed by atoms with Gasteiger partial charge in [0.25, 0.3) is 5.91 Å². The van der Waals surface area contributed by atoms with Gasteiger partial charge in [-0.05, 0) is 12.1 Å². The first-order valence-electron chi connectivity index (χ1n) is 5.33. The molecule has 18 heavy (non-hydrogen) atoms. The molecule has 0 aliphatic heterocycles. The lowest BCUT2D eigenvalue weighted by molar-refractivity contribution is 0.0956. The Labute approximate surface area is 118 Å². The van der Waals surface area contributed by atoms with Gasteiger partial charge in [-0.3, -0.25) is 9.00 Å². The minimum Gasteiger partial charge on any atom is -0.399 e. The molecule has 7 heteroatoms. The molecule has 0 aromatic heterocycles. The Balaban J connectivity index is 2.70. The van der Waals surface area contributed by atoms with E-state index in [4.69, 9.17) is 28.9 Å². The normalized spacial score (nSPS) is 12.2. The summed E-state index contributed by atoms with van der Waals surface area (Å²) < 4.78 is 11.2. The van der Waals surface area contributed by atoms with Crippen LogP contribution in [0.5, 0.6) is 0 Å². The van der Waals surface area contributed by atoms with Gasteiger partial charge in [0.2, 0.25) is 0 Å². The van der Waals surface area contributed by atoms with E-state index >= 15 is 0 Å². The highest BCUT2D eigenvalue weighted by atomic mass is 35.5. The molecular weight excluding hydrogens is 295 g/mol. The van der Waals surface area contributed by atoms with Crippen molar-refractivity contribution in [2.45, 2.75) is 6.92 Å². The Morgan fingerprint density at radius 2 is 2.11 bits per heavy atom. The molecule has 1 aromatic rings. The topological polar surface area (TPSA) is 72.2 Å². The number of nitrogens with one attached hydrogen (secondary N) is 1. The van der Waals surface area contributed by atoms with Gasteiger partial charge < -0.3 is 11.1 Å². The fraction of sp³-hybridized carbons (Fsp3) is 0.364. The smallest absolute Gasteiger partial charge is 0.252 e. The van der Waals surface area contributed by atoms with Crippen LogP contribution in [-0.2, 0) is 10.8 Å². The highest BCUT2D eigenvalue weighted by molar-refractivity contribution is 7.84. The predicted octanol–water partition coefficient (Wildman–Crippen LogP) is 2.07. The van der Waals surface area contributed by atoms with E-state index in [9.17, 15) is 9.00 Å². The number of hydrogen-bond donors (Lipinski definition) is 2. The largest absolute Gasteiger partial charge is 0.399 e. The van der Waals surface area contributed by atoms with E-state index in [0.717, 1.165) is 0 Å². The Hall–Kier alpha value is -0.780. The van der Waals surface area contributed by atoms with Crippen molar-refractivity contribution in [3.05, 3.63) is 27.7 Å². The van der Waals surface area contributed by atoms with Crippen molar-refractivity contribution < 1.29 is 9.00 Å². The first kappa shape index (κ1) is 15.3. The van der Waals surface area contributed by atoms with Crippen LogP contribution in [0.3, 0.4) is 0 Å². The van der Waals surface area contributed by atoms with Gasteiger partial charge in [-0.25, -0.2) is 0 Å². The summed E-state index contributed by atoms with van der Waals surface area (Å²) >= 11 is 11.8. The van der Waals surface area contributed by atoms with Crippen LogP contribution in [-0.4, -0.2) is 28.2 Å². The number of amides is 1. The fourth-order valence-electron chi connectivity index (χ4n) is 1.29. The van der Waals surface area contributed by atoms with Crippen molar-refractivity contribution >= 4 is 45.6 Å².